The molecule has 1 aromatic rings. The fourth-order valence-electron chi connectivity index (χ4n) is 1.95. The molecule has 6 nitrogen and oxygen atoms in total. The summed E-state index contributed by atoms with van der Waals surface area (Å²) in [5, 5.41) is 19.7. The zero-order chi connectivity index (χ0) is 15.3. The average Bonchev–Trinajstić information content (AvgIpc) is 2.43. The predicted molar refractivity (Wildman–Crippen MR) is 74.2 cm³/mol. The van der Waals surface area contributed by atoms with Crippen molar-refractivity contribution in [3.05, 3.63) is 39.4 Å². The van der Waals surface area contributed by atoms with Gasteiger partial charge in [0.1, 0.15) is 0 Å². The van der Waals surface area contributed by atoms with Crippen LogP contribution in [0.25, 0.3) is 0 Å². The van der Waals surface area contributed by atoms with Crippen LogP contribution in [-0.4, -0.2) is 28.8 Å². The van der Waals surface area contributed by atoms with E-state index in [0.717, 1.165) is 0 Å². The molecule has 0 heterocycles. The smallest absolute Gasteiger partial charge is 0.273 e. The standard InChI is InChI=1S/C14H17N3O3/c1-4-16(9-10(2)8-15)14(18)12-6-5-7-13(11(12)3)17(19)20/h5-7,10H,4,9H2,1-3H3. The van der Waals surface area contributed by atoms with Gasteiger partial charge in [0.2, 0.25) is 0 Å². The molecule has 0 bridgehead atoms. The van der Waals surface area contributed by atoms with Gasteiger partial charge in [-0.15, -0.1) is 0 Å². The first-order chi connectivity index (χ1) is 9.42. The van der Waals surface area contributed by atoms with E-state index in [0.29, 0.717) is 24.2 Å². The molecule has 0 aliphatic heterocycles. The lowest BCUT2D eigenvalue weighted by atomic mass is 10.0. The first kappa shape index (κ1) is 15.6. The summed E-state index contributed by atoms with van der Waals surface area (Å²) < 4.78 is 0. The van der Waals surface area contributed by atoms with Gasteiger partial charge in [0, 0.05) is 30.3 Å². The van der Waals surface area contributed by atoms with Crippen molar-refractivity contribution in [3.8, 4) is 6.07 Å². The number of benzene rings is 1. The zero-order valence-electron chi connectivity index (χ0n) is 11.8. The van der Waals surface area contributed by atoms with Crippen molar-refractivity contribution in [2.75, 3.05) is 13.1 Å². The summed E-state index contributed by atoms with van der Waals surface area (Å²) in [6.45, 7) is 5.87. The maximum atomic E-state index is 12.4. The van der Waals surface area contributed by atoms with Crippen LogP contribution in [-0.2, 0) is 0 Å². The van der Waals surface area contributed by atoms with Gasteiger partial charge in [-0.1, -0.05) is 6.07 Å². The molecule has 0 saturated carbocycles. The van der Waals surface area contributed by atoms with Crippen molar-refractivity contribution in [2.24, 2.45) is 5.92 Å². The lowest BCUT2D eigenvalue weighted by Crippen LogP contribution is -2.34. The highest BCUT2D eigenvalue weighted by molar-refractivity contribution is 5.96. The Labute approximate surface area is 117 Å². The van der Waals surface area contributed by atoms with Crippen molar-refractivity contribution >= 4 is 11.6 Å². The highest BCUT2D eigenvalue weighted by Crippen LogP contribution is 2.22. The quantitative estimate of drug-likeness (QED) is 0.610. The van der Waals surface area contributed by atoms with Gasteiger partial charge in [0.25, 0.3) is 11.6 Å². The van der Waals surface area contributed by atoms with Crippen LogP contribution in [0.1, 0.15) is 29.8 Å². The van der Waals surface area contributed by atoms with Crippen LogP contribution >= 0.6 is 0 Å². The van der Waals surface area contributed by atoms with Crippen molar-refractivity contribution in [3.63, 3.8) is 0 Å². The first-order valence-electron chi connectivity index (χ1n) is 6.35. The van der Waals surface area contributed by atoms with Gasteiger partial charge < -0.3 is 4.90 Å². The van der Waals surface area contributed by atoms with Crippen LogP contribution < -0.4 is 0 Å². The summed E-state index contributed by atoms with van der Waals surface area (Å²) in [5.74, 6) is -0.561. The van der Waals surface area contributed by atoms with E-state index in [1.165, 1.54) is 17.0 Å². The van der Waals surface area contributed by atoms with Crippen LogP contribution in [0.15, 0.2) is 18.2 Å². The molecule has 0 fully saturated rings. The molecule has 1 aromatic carbocycles. The maximum absolute atomic E-state index is 12.4. The molecule has 0 radical (unpaired) electrons. The topological polar surface area (TPSA) is 87.2 Å². The van der Waals surface area contributed by atoms with Crippen molar-refractivity contribution < 1.29 is 9.72 Å². The number of hydrogen-bond donors (Lipinski definition) is 0. The van der Waals surface area contributed by atoms with E-state index in [1.807, 2.05) is 6.92 Å². The van der Waals surface area contributed by atoms with Crippen LogP contribution in [0.3, 0.4) is 0 Å². The summed E-state index contributed by atoms with van der Waals surface area (Å²) in [5.41, 5.74) is 0.594. The summed E-state index contributed by atoms with van der Waals surface area (Å²) in [6, 6.07) is 6.53. The summed E-state index contributed by atoms with van der Waals surface area (Å²) in [6.07, 6.45) is 0. The molecule has 0 aliphatic carbocycles. The van der Waals surface area contributed by atoms with E-state index in [9.17, 15) is 14.9 Å². The number of nitro benzene ring substituents is 1. The van der Waals surface area contributed by atoms with Gasteiger partial charge in [-0.3, -0.25) is 14.9 Å². The lowest BCUT2D eigenvalue weighted by molar-refractivity contribution is -0.385. The third-order valence-electron chi connectivity index (χ3n) is 3.12. The molecule has 6 heteroatoms. The van der Waals surface area contributed by atoms with Crippen LogP contribution in [0.4, 0.5) is 5.69 Å². The van der Waals surface area contributed by atoms with E-state index >= 15 is 0 Å². The van der Waals surface area contributed by atoms with E-state index in [2.05, 4.69) is 6.07 Å². The molecular weight excluding hydrogens is 258 g/mol. The van der Waals surface area contributed by atoms with E-state index in [1.54, 1.807) is 19.9 Å². The van der Waals surface area contributed by atoms with Crippen molar-refractivity contribution in [1.82, 2.24) is 4.90 Å². The van der Waals surface area contributed by atoms with E-state index in [-0.39, 0.29) is 17.5 Å². The van der Waals surface area contributed by atoms with Gasteiger partial charge >= 0.3 is 0 Å². The molecule has 1 atom stereocenters. The minimum Gasteiger partial charge on any atom is -0.338 e. The number of rotatable bonds is 5. The normalized spacial score (nSPS) is 11.5. The Bertz CT molecular complexity index is 563. The monoisotopic (exact) mass is 275 g/mol. The molecule has 0 aromatic heterocycles. The van der Waals surface area contributed by atoms with Gasteiger partial charge in [-0.25, -0.2) is 0 Å². The predicted octanol–water partition coefficient (Wildman–Crippen LogP) is 2.53. The van der Waals surface area contributed by atoms with E-state index < -0.39 is 4.92 Å². The number of hydrogen-bond acceptors (Lipinski definition) is 4. The zero-order valence-corrected chi connectivity index (χ0v) is 11.8. The fourth-order valence-corrected chi connectivity index (χ4v) is 1.95. The summed E-state index contributed by atoms with van der Waals surface area (Å²) >= 11 is 0. The van der Waals surface area contributed by atoms with Gasteiger partial charge in [0.05, 0.1) is 16.9 Å². The van der Waals surface area contributed by atoms with Crippen molar-refractivity contribution in [2.45, 2.75) is 20.8 Å². The third-order valence-corrected chi connectivity index (χ3v) is 3.12. The van der Waals surface area contributed by atoms with E-state index in [4.69, 9.17) is 5.26 Å². The lowest BCUT2D eigenvalue weighted by Gasteiger charge is -2.22. The molecular formula is C14H17N3O3. The Morgan fingerprint density at radius 3 is 2.70 bits per heavy atom. The highest BCUT2D eigenvalue weighted by Gasteiger charge is 2.22. The Morgan fingerprint density at radius 2 is 2.20 bits per heavy atom. The molecule has 1 rings (SSSR count). The Kier molecular flexibility index (Phi) is 5.21. The minimum absolute atomic E-state index is 0.0692. The number of carbonyl (C=O) groups excluding carboxylic acids is 1. The minimum atomic E-state index is -0.500. The molecule has 106 valence electrons. The van der Waals surface area contributed by atoms with Crippen LogP contribution in [0.5, 0.6) is 0 Å². The van der Waals surface area contributed by atoms with Crippen LogP contribution in [0.2, 0.25) is 0 Å². The molecule has 0 saturated heterocycles. The number of nitro groups is 1. The van der Waals surface area contributed by atoms with Crippen LogP contribution in [0, 0.1) is 34.3 Å². The Balaban J connectivity index is 3.11. The van der Waals surface area contributed by atoms with Gasteiger partial charge in [-0.05, 0) is 26.8 Å². The highest BCUT2D eigenvalue weighted by atomic mass is 16.6. The molecule has 1 amide bonds. The van der Waals surface area contributed by atoms with Gasteiger partial charge in [-0.2, -0.15) is 5.26 Å². The molecule has 0 spiro atoms. The van der Waals surface area contributed by atoms with Crippen molar-refractivity contribution in [1.29, 1.82) is 5.26 Å². The maximum Gasteiger partial charge on any atom is 0.273 e. The molecule has 1 unspecified atom stereocenters. The summed E-state index contributed by atoms with van der Waals surface area (Å²) in [4.78, 5) is 24.3. The third kappa shape index (κ3) is 3.32. The Hall–Kier alpha value is -2.42. The second kappa shape index (κ2) is 6.66. The second-order valence-electron chi connectivity index (χ2n) is 4.58. The first-order valence-corrected chi connectivity index (χ1v) is 6.35. The SMILES string of the molecule is CCN(CC(C)C#N)C(=O)c1cccc([N+](=O)[O-])c1C. The molecule has 20 heavy (non-hydrogen) atoms. The second-order valence-corrected chi connectivity index (χ2v) is 4.58. The Morgan fingerprint density at radius 1 is 1.55 bits per heavy atom. The fraction of sp³-hybridized carbons (Fsp3) is 0.429. The number of amides is 1. The molecule has 0 N–H and O–H groups in total. The van der Waals surface area contributed by atoms with Gasteiger partial charge in [0.15, 0.2) is 0 Å². The number of nitrogens with zero attached hydrogens (tertiary/aromatic N) is 3. The summed E-state index contributed by atoms with van der Waals surface area (Å²) in [7, 11) is 0. The average molecular weight is 275 g/mol. The number of nitriles is 1. The number of carbonyl (C=O) groups is 1. The molecule has 0 aliphatic rings. The largest absolute Gasteiger partial charge is 0.338 e.